The predicted octanol–water partition coefficient (Wildman–Crippen LogP) is 4.60. The third-order valence-corrected chi connectivity index (χ3v) is 4.64. The third kappa shape index (κ3) is 9.43. The maximum atomic E-state index is 9.11. The molecule has 2 rings (SSSR count). The maximum Gasteiger partial charge on any atom is 0.0481 e. The molecule has 0 radical (unpaired) electrons. The van der Waals surface area contributed by atoms with Gasteiger partial charge in [0.2, 0.25) is 0 Å². The molecule has 0 amide bonds. The molecule has 0 aromatic heterocycles. The van der Waals surface area contributed by atoms with Gasteiger partial charge in [-0.05, 0) is 61.3 Å². The van der Waals surface area contributed by atoms with Crippen molar-refractivity contribution in [2.24, 2.45) is 5.92 Å². The SMILES string of the molecule is C#CC.CCCc1ccc(CCc2ccc(CCC(CO)CO)cc2)cc1. The number of rotatable bonds is 10. The lowest BCUT2D eigenvalue weighted by Gasteiger charge is -2.10. The first-order valence-corrected chi connectivity index (χ1v) is 9.91. The summed E-state index contributed by atoms with van der Waals surface area (Å²) in [5.74, 6) is 2.25. The van der Waals surface area contributed by atoms with E-state index in [1.165, 1.54) is 28.7 Å². The van der Waals surface area contributed by atoms with Crippen LogP contribution in [-0.4, -0.2) is 23.4 Å². The van der Waals surface area contributed by atoms with Crippen LogP contribution in [-0.2, 0) is 25.7 Å². The van der Waals surface area contributed by atoms with E-state index in [1.54, 1.807) is 6.92 Å². The number of hydrogen-bond acceptors (Lipinski definition) is 2. The fourth-order valence-corrected chi connectivity index (χ4v) is 2.93. The Morgan fingerprint density at radius 2 is 1.07 bits per heavy atom. The van der Waals surface area contributed by atoms with Crippen molar-refractivity contribution in [1.29, 1.82) is 0 Å². The van der Waals surface area contributed by atoms with Crippen LogP contribution in [0.5, 0.6) is 0 Å². The zero-order valence-corrected chi connectivity index (χ0v) is 16.8. The van der Waals surface area contributed by atoms with Crippen LogP contribution in [0.4, 0.5) is 0 Å². The molecule has 2 aromatic rings. The fourth-order valence-electron chi connectivity index (χ4n) is 2.93. The van der Waals surface area contributed by atoms with Gasteiger partial charge in [0.1, 0.15) is 0 Å². The molecule has 146 valence electrons. The lowest BCUT2D eigenvalue weighted by Crippen LogP contribution is -2.11. The normalized spacial score (nSPS) is 10.2. The Bertz CT molecular complexity index is 646. The summed E-state index contributed by atoms with van der Waals surface area (Å²) in [6, 6.07) is 17.8. The highest BCUT2D eigenvalue weighted by molar-refractivity contribution is 5.26. The Morgan fingerprint density at radius 1 is 0.741 bits per heavy atom. The lowest BCUT2D eigenvalue weighted by molar-refractivity contribution is 0.144. The second-order valence-corrected chi connectivity index (χ2v) is 6.94. The summed E-state index contributed by atoms with van der Waals surface area (Å²) in [6.45, 7) is 3.99. The molecular weight excluding hydrogens is 332 g/mol. The molecule has 27 heavy (non-hydrogen) atoms. The standard InChI is InChI=1S/C22H30O2.C3H4/c1-2-3-18-4-6-19(7-5-18)8-9-20-10-12-21(13-11-20)14-15-22(16-23)17-24;1-3-2/h4-7,10-13,22-24H,2-3,8-9,14-17H2,1H3;1H,2H3. The number of terminal acetylenes is 1. The summed E-state index contributed by atoms with van der Waals surface area (Å²) in [5.41, 5.74) is 5.45. The van der Waals surface area contributed by atoms with Gasteiger partial charge in [0.15, 0.2) is 0 Å². The molecule has 0 aliphatic rings. The molecule has 2 heteroatoms. The number of aliphatic hydroxyl groups excluding tert-OH is 2. The summed E-state index contributed by atoms with van der Waals surface area (Å²) < 4.78 is 0. The van der Waals surface area contributed by atoms with Crippen molar-refractivity contribution in [3.8, 4) is 12.3 Å². The highest BCUT2D eigenvalue weighted by Crippen LogP contribution is 2.14. The monoisotopic (exact) mass is 366 g/mol. The molecule has 0 saturated heterocycles. The van der Waals surface area contributed by atoms with E-state index in [0.29, 0.717) is 0 Å². The first-order chi connectivity index (χ1) is 13.2. The van der Waals surface area contributed by atoms with Gasteiger partial charge in [-0.3, -0.25) is 0 Å². The van der Waals surface area contributed by atoms with Gasteiger partial charge in [0.25, 0.3) is 0 Å². The first kappa shape index (κ1) is 23.0. The molecule has 0 aliphatic carbocycles. The highest BCUT2D eigenvalue weighted by atomic mass is 16.3. The molecule has 0 bridgehead atoms. The molecule has 0 fully saturated rings. The number of aliphatic hydroxyl groups is 2. The van der Waals surface area contributed by atoms with Crippen LogP contribution in [0.2, 0.25) is 0 Å². The van der Waals surface area contributed by atoms with Crippen LogP contribution in [0.15, 0.2) is 48.5 Å². The van der Waals surface area contributed by atoms with Crippen LogP contribution >= 0.6 is 0 Å². The van der Waals surface area contributed by atoms with Crippen molar-refractivity contribution in [3.05, 3.63) is 70.8 Å². The van der Waals surface area contributed by atoms with Gasteiger partial charge in [0.05, 0.1) is 0 Å². The quantitative estimate of drug-likeness (QED) is 0.604. The number of aryl methyl sites for hydroxylation is 4. The van der Waals surface area contributed by atoms with E-state index >= 15 is 0 Å². The number of benzene rings is 2. The minimum Gasteiger partial charge on any atom is -0.396 e. The van der Waals surface area contributed by atoms with Gasteiger partial charge in [-0.15, -0.1) is 12.3 Å². The van der Waals surface area contributed by atoms with Crippen LogP contribution in [0.1, 0.15) is 48.9 Å². The minimum absolute atomic E-state index is 0.000330. The first-order valence-electron chi connectivity index (χ1n) is 9.91. The summed E-state index contributed by atoms with van der Waals surface area (Å²) in [4.78, 5) is 0. The molecule has 2 N–H and O–H groups in total. The number of hydrogen-bond donors (Lipinski definition) is 2. The maximum absolute atomic E-state index is 9.11. The highest BCUT2D eigenvalue weighted by Gasteiger charge is 2.06. The Labute approximate surface area is 165 Å². The molecule has 0 aliphatic heterocycles. The summed E-state index contributed by atoms with van der Waals surface area (Å²) in [6.07, 6.45) is 10.8. The van der Waals surface area contributed by atoms with E-state index in [9.17, 15) is 0 Å². The largest absolute Gasteiger partial charge is 0.396 e. The van der Waals surface area contributed by atoms with E-state index in [0.717, 1.165) is 32.1 Å². The second-order valence-electron chi connectivity index (χ2n) is 6.94. The molecule has 2 nitrogen and oxygen atoms in total. The topological polar surface area (TPSA) is 40.5 Å². The molecule has 0 unspecified atom stereocenters. The summed E-state index contributed by atoms with van der Waals surface area (Å²) >= 11 is 0. The second kappa shape index (κ2) is 14.0. The minimum atomic E-state index is 0.000330. The van der Waals surface area contributed by atoms with Gasteiger partial charge in [-0.1, -0.05) is 61.9 Å². The Kier molecular flexibility index (Phi) is 11.9. The third-order valence-electron chi connectivity index (χ3n) is 4.64. The smallest absolute Gasteiger partial charge is 0.0481 e. The van der Waals surface area contributed by atoms with Crippen molar-refractivity contribution in [1.82, 2.24) is 0 Å². The molecule has 0 atom stereocenters. The fraction of sp³-hybridized carbons (Fsp3) is 0.440. The van der Waals surface area contributed by atoms with E-state index < -0.39 is 0 Å². The average molecular weight is 367 g/mol. The van der Waals surface area contributed by atoms with Gasteiger partial charge >= 0.3 is 0 Å². The Morgan fingerprint density at radius 3 is 1.41 bits per heavy atom. The van der Waals surface area contributed by atoms with E-state index in [-0.39, 0.29) is 19.1 Å². The van der Waals surface area contributed by atoms with Crippen LogP contribution < -0.4 is 0 Å². The summed E-state index contributed by atoms with van der Waals surface area (Å²) in [7, 11) is 0. The van der Waals surface area contributed by atoms with Crippen molar-refractivity contribution in [2.45, 2.75) is 52.4 Å². The van der Waals surface area contributed by atoms with Crippen molar-refractivity contribution in [2.75, 3.05) is 13.2 Å². The van der Waals surface area contributed by atoms with Gasteiger partial charge < -0.3 is 10.2 Å². The van der Waals surface area contributed by atoms with Crippen molar-refractivity contribution >= 4 is 0 Å². The van der Waals surface area contributed by atoms with E-state index in [2.05, 4.69) is 67.8 Å². The molecule has 0 saturated carbocycles. The van der Waals surface area contributed by atoms with Crippen LogP contribution in [0.3, 0.4) is 0 Å². The van der Waals surface area contributed by atoms with Crippen LogP contribution in [0.25, 0.3) is 0 Å². The van der Waals surface area contributed by atoms with E-state index in [4.69, 9.17) is 10.2 Å². The molecule has 0 spiro atoms. The Balaban J connectivity index is 0.00000114. The van der Waals surface area contributed by atoms with Gasteiger partial charge in [0, 0.05) is 19.1 Å². The average Bonchev–Trinajstić information content (AvgIpc) is 2.70. The van der Waals surface area contributed by atoms with Crippen molar-refractivity contribution < 1.29 is 10.2 Å². The van der Waals surface area contributed by atoms with Gasteiger partial charge in [-0.25, -0.2) is 0 Å². The summed E-state index contributed by atoms with van der Waals surface area (Å²) in [5, 5.41) is 18.2. The zero-order valence-electron chi connectivity index (χ0n) is 16.8. The molecule has 0 heterocycles. The molecule has 2 aromatic carbocycles. The van der Waals surface area contributed by atoms with Crippen LogP contribution in [0, 0.1) is 18.3 Å². The van der Waals surface area contributed by atoms with Gasteiger partial charge in [-0.2, -0.15) is 0 Å². The predicted molar refractivity (Wildman–Crippen MR) is 115 cm³/mol. The molecular formula is C25H34O2. The zero-order chi connectivity index (χ0) is 19.9. The Hall–Kier alpha value is -2.08. The lowest BCUT2D eigenvalue weighted by atomic mass is 9.98. The van der Waals surface area contributed by atoms with E-state index in [1.807, 2.05) is 0 Å². The van der Waals surface area contributed by atoms with Crippen molar-refractivity contribution in [3.63, 3.8) is 0 Å².